The van der Waals surface area contributed by atoms with Crippen molar-refractivity contribution in [3.63, 3.8) is 0 Å². The summed E-state index contributed by atoms with van der Waals surface area (Å²) in [5.74, 6) is 0.195. The minimum Gasteiger partial charge on any atom is -0.395 e. The molecule has 2 nitrogen and oxygen atoms in total. The van der Waals surface area contributed by atoms with Crippen molar-refractivity contribution in [3.8, 4) is 0 Å². The van der Waals surface area contributed by atoms with Crippen LogP contribution in [0.15, 0.2) is 24.3 Å². The van der Waals surface area contributed by atoms with E-state index in [1.165, 1.54) is 12.1 Å². The van der Waals surface area contributed by atoms with E-state index in [2.05, 4.69) is 26.1 Å². The first-order valence-corrected chi connectivity index (χ1v) is 6.14. The molecule has 0 bridgehead atoms. The standard InChI is InChI=1S/C14H22FNO/c1-10(2)14(9-17)16-11(3)8-12-4-6-13(15)7-5-12/h4-7,10-11,14,16-17H,8-9H2,1-3H3/t11?,14-/m1/s1. The van der Waals surface area contributed by atoms with Crippen LogP contribution in [0.2, 0.25) is 0 Å². The molecule has 0 heterocycles. The van der Waals surface area contributed by atoms with Gasteiger partial charge in [0, 0.05) is 12.1 Å². The third kappa shape index (κ3) is 4.84. The van der Waals surface area contributed by atoms with Gasteiger partial charge in [0.2, 0.25) is 0 Å². The first kappa shape index (κ1) is 14.1. The Hall–Kier alpha value is -0.930. The Kier molecular flexibility index (Phi) is 5.59. The van der Waals surface area contributed by atoms with Gasteiger partial charge in [-0.1, -0.05) is 26.0 Å². The molecule has 0 aliphatic rings. The smallest absolute Gasteiger partial charge is 0.123 e. The maximum atomic E-state index is 12.7. The lowest BCUT2D eigenvalue weighted by Gasteiger charge is -2.24. The SMILES string of the molecule is CC(Cc1ccc(F)cc1)N[C@H](CO)C(C)C. The predicted molar refractivity (Wildman–Crippen MR) is 68.4 cm³/mol. The fourth-order valence-corrected chi connectivity index (χ4v) is 1.85. The number of rotatable bonds is 6. The van der Waals surface area contributed by atoms with Crippen molar-refractivity contribution in [3.05, 3.63) is 35.6 Å². The molecule has 1 rings (SSSR count). The number of nitrogens with one attached hydrogen (secondary N) is 1. The number of halogens is 1. The van der Waals surface area contributed by atoms with Crippen LogP contribution in [0.3, 0.4) is 0 Å². The van der Waals surface area contributed by atoms with Gasteiger partial charge >= 0.3 is 0 Å². The monoisotopic (exact) mass is 239 g/mol. The van der Waals surface area contributed by atoms with E-state index in [0.717, 1.165) is 12.0 Å². The van der Waals surface area contributed by atoms with Crippen LogP contribution in [0.5, 0.6) is 0 Å². The van der Waals surface area contributed by atoms with Crippen LogP contribution < -0.4 is 5.32 Å². The molecule has 96 valence electrons. The molecule has 1 unspecified atom stereocenters. The van der Waals surface area contributed by atoms with Crippen molar-refractivity contribution in [2.24, 2.45) is 5.92 Å². The van der Waals surface area contributed by atoms with Gasteiger partial charge in [0.15, 0.2) is 0 Å². The van der Waals surface area contributed by atoms with E-state index in [9.17, 15) is 9.50 Å². The van der Waals surface area contributed by atoms with Gasteiger partial charge in [0.25, 0.3) is 0 Å². The summed E-state index contributed by atoms with van der Waals surface area (Å²) in [6.45, 7) is 6.39. The maximum absolute atomic E-state index is 12.7. The number of benzene rings is 1. The van der Waals surface area contributed by atoms with Crippen LogP contribution in [0, 0.1) is 11.7 Å². The molecular weight excluding hydrogens is 217 g/mol. The highest BCUT2D eigenvalue weighted by atomic mass is 19.1. The largest absolute Gasteiger partial charge is 0.395 e. The number of aliphatic hydroxyl groups is 1. The summed E-state index contributed by atoms with van der Waals surface area (Å²) in [5, 5.41) is 12.6. The molecule has 0 saturated carbocycles. The van der Waals surface area contributed by atoms with Crippen LogP contribution >= 0.6 is 0 Å². The first-order valence-electron chi connectivity index (χ1n) is 6.14. The topological polar surface area (TPSA) is 32.3 Å². The Morgan fingerprint density at radius 3 is 2.24 bits per heavy atom. The van der Waals surface area contributed by atoms with Crippen molar-refractivity contribution < 1.29 is 9.50 Å². The highest BCUT2D eigenvalue weighted by molar-refractivity contribution is 5.17. The molecule has 1 aromatic carbocycles. The van der Waals surface area contributed by atoms with Gasteiger partial charge in [0.05, 0.1) is 6.61 Å². The minimum atomic E-state index is -0.204. The molecule has 0 saturated heterocycles. The molecule has 2 atom stereocenters. The third-order valence-corrected chi connectivity index (χ3v) is 2.96. The first-order chi connectivity index (χ1) is 8.02. The average Bonchev–Trinajstić information content (AvgIpc) is 2.28. The van der Waals surface area contributed by atoms with E-state index in [0.29, 0.717) is 5.92 Å². The van der Waals surface area contributed by atoms with Gasteiger partial charge in [-0.2, -0.15) is 0 Å². The Labute approximate surface area is 103 Å². The van der Waals surface area contributed by atoms with Gasteiger partial charge in [-0.3, -0.25) is 0 Å². The third-order valence-electron chi connectivity index (χ3n) is 2.96. The van der Waals surface area contributed by atoms with Crippen molar-refractivity contribution in [1.29, 1.82) is 0 Å². The molecular formula is C14H22FNO. The van der Waals surface area contributed by atoms with Crippen molar-refractivity contribution in [2.75, 3.05) is 6.61 Å². The Morgan fingerprint density at radius 1 is 1.18 bits per heavy atom. The second-order valence-corrected chi connectivity index (χ2v) is 4.93. The summed E-state index contributed by atoms with van der Waals surface area (Å²) >= 11 is 0. The lowest BCUT2D eigenvalue weighted by Crippen LogP contribution is -2.43. The molecule has 0 radical (unpaired) electrons. The normalized spacial score (nSPS) is 14.9. The minimum absolute atomic E-state index is 0.116. The molecule has 0 fully saturated rings. The Morgan fingerprint density at radius 2 is 1.76 bits per heavy atom. The number of hydrogen-bond donors (Lipinski definition) is 2. The second-order valence-electron chi connectivity index (χ2n) is 4.93. The molecule has 17 heavy (non-hydrogen) atoms. The summed E-state index contributed by atoms with van der Waals surface area (Å²) < 4.78 is 12.7. The molecule has 3 heteroatoms. The summed E-state index contributed by atoms with van der Waals surface area (Å²) in [7, 11) is 0. The predicted octanol–water partition coefficient (Wildman–Crippen LogP) is 2.36. The van der Waals surface area contributed by atoms with E-state index in [1.54, 1.807) is 12.1 Å². The highest BCUT2D eigenvalue weighted by Crippen LogP contribution is 2.08. The number of hydrogen-bond acceptors (Lipinski definition) is 2. The molecule has 0 aliphatic carbocycles. The van der Waals surface area contributed by atoms with Gasteiger partial charge in [0.1, 0.15) is 5.82 Å². The zero-order valence-electron chi connectivity index (χ0n) is 10.8. The van der Waals surface area contributed by atoms with E-state index >= 15 is 0 Å². The van der Waals surface area contributed by atoms with E-state index in [-0.39, 0.29) is 24.5 Å². The van der Waals surface area contributed by atoms with Crippen molar-refractivity contribution in [1.82, 2.24) is 5.32 Å². The fourth-order valence-electron chi connectivity index (χ4n) is 1.85. The molecule has 0 amide bonds. The zero-order chi connectivity index (χ0) is 12.8. The van der Waals surface area contributed by atoms with Crippen molar-refractivity contribution >= 4 is 0 Å². The van der Waals surface area contributed by atoms with Gasteiger partial charge in [-0.25, -0.2) is 4.39 Å². The average molecular weight is 239 g/mol. The van der Waals surface area contributed by atoms with Crippen LogP contribution in [0.1, 0.15) is 26.3 Å². The fraction of sp³-hybridized carbons (Fsp3) is 0.571. The summed E-state index contributed by atoms with van der Waals surface area (Å²) in [5.41, 5.74) is 1.10. The molecule has 0 aromatic heterocycles. The van der Waals surface area contributed by atoms with Gasteiger partial charge in [-0.05, 0) is 37.0 Å². The van der Waals surface area contributed by atoms with Crippen LogP contribution in [-0.4, -0.2) is 23.8 Å². The van der Waals surface area contributed by atoms with Crippen molar-refractivity contribution in [2.45, 2.75) is 39.3 Å². The molecule has 0 spiro atoms. The van der Waals surface area contributed by atoms with Crippen LogP contribution in [0.25, 0.3) is 0 Å². The quantitative estimate of drug-likeness (QED) is 0.798. The number of aliphatic hydroxyl groups excluding tert-OH is 1. The maximum Gasteiger partial charge on any atom is 0.123 e. The lowest BCUT2D eigenvalue weighted by atomic mass is 10.0. The van der Waals surface area contributed by atoms with Crippen LogP contribution in [0.4, 0.5) is 4.39 Å². The van der Waals surface area contributed by atoms with E-state index in [1.807, 2.05) is 0 Å². The Bertz CT molecular complexity index is 323. The summed E-state index contributed by atoms with van der Waals surface area (Å²) in [6.07, 6.45) is 0.837. The van der Waals surface area contributed by atoms with E-state index < -0.39 is 0 Å². The molecule has 1 aromatic rings. The second kappa shape index (κ2) is 6.72. The summed E-state index contributed by atoms with van der Waals surface area (Å²) in [6, 6.07) is 6.95. The van der Waals surface area contributed by atoms with Crippen LogP contribution in [-0.2, 0) is 6.42 Å². The Balaban J connectivity index is 2.48. The van der Waals surface area contributed by atoms with Gasteiger partial charge in [-0.15, -0.1) is 0 Å². The molecule has 2 N–H and O–H groups in total. The van der Waals surface area contributed by atoms with E-state index in [4.69, 9.17) is 0 Å². The highest BCUT2D eigenvalue weighted by Gasteiger charge is 2.14. The summed E-state index contributed by atoms with van der Waals surface area (Å²) in [4.78, 5) is 0. The lowest BCUT2D eigenvalue weighted by molar-refractivity contribution is 0.201. The zero-order valence-corrected chi connectivity index (χ0v) is 10.8. The molecule has 0 aliphatic heterocycles. The van der Waals surface area contributed by atoms with Gasteiger partial charge < -0.3 is 10.4 Å².